The molecule has 1 fully saturated rings. The molecule has 0 aromatic carbocycles. The first kappa shape index (κ1) is 17.7. The molecule has 0 spiro atoms. The van der Waals surface area contributed by atoms with Gasteiger partial charge in [-0.25, -0.2) is 0 Å². The highest BCUT2D eigenvalue weighted by Gasteiger charge is 2.24. The van der Waals surface area contributed by atoms with Crippen LogP contribution in [0.3, 0.4) is 0 Å². The highest BCUT2D eigenvalue weighted by atomic mass is 35.5. The van der Waals surface area contributed by atoms with E-state index in [1.54, 1.807) is 0 Å². The molecule has 1 atom stereocenters. The zero-order chi connectivity index (χ0) is 12.7. The van der Waals surface area contributed by atoms with Crippen LogP contribution in [0.25, 0.3) is 0 Å². The molecule has 1 amide bonds. The summed E-state index contributed by atoms with van der Waals surface area (Å²) in [5.41, 5.74) is 5.47. The molecule has 0 radical (unpaired) electrons. The molecule has 3 N–H and O–H groups in total. The number of halogens is 1. The van der Waals surface area contributed by atoms with E-state index in [0.29, 0.717) is 6.04 Å². The Hall–Kier alpha value is -0.320. The molecule has 108 valence electrons. The lowest BCUT2D eigenvalue weighted by atomic mass is 9.83. The fraction of sp³-hybridized carbons (Fsp3) is 0.923. The topological polar surface area (TPSA) is 64.4 Å². The summed E-state index contributed by atoms with van der Waals surface area (Å²) in [6.45, 7) is 2.48. The Balaban J connectivity index is 0.00000289. The number of amides is 1. The van der Waals surface area contributed by atoms with Gasteiger partial charge in [-0.3, -0.25) is 4.79 Å². The largest absolute Gasteiger partial charge is 0.370 e. The van der Waals surface area contributed by atoms with Gasteiger partial charge < -0.3 is 15.8 Å². The van der Waals surface area contributed by atoms with Crippen LogP contribution in [-0.2, 0) is 9.53 Å². The molecule has 18 heavy (non-hydrogen) atoms. The van der Waals surface area contributed by atoms with E-state index >= 15 is 0 Å². The van der Waals surface area contributed by atoms with Gasteiger partial charge in [0.1, 0.15) is 6.10 Å². The fourth-order valence-electron chi connectivity index (χ4n) is 2.61. The summed E-state index contributed by atoms with van der Waals surface area (Å²) in [5, 5.41) is 3.04. The molecule has 0 aromatic heterocycles. The van der Waals surface area contributed by atoms with Crippen molar-refractivity contribution in [1.82, 2.24) is 5.32 Å². The minimum atomic E-state index is -0.497. The van der Waals surface area contributed by atoms with Crippen LogP contribution in [-0.4, -0.2) is 31.7 Å². The van der Waals surface area contributed by atoms with E-state index in [2.05, 4.69) is 12.2 Å². The van der Waals surface area contributed by atoms with Gasteiger partial charge in [0.05, 0.1) is 0 Å². The van der Waals surface area contributed by atoms with Crippen molar-refractivity contribution in [2.24, 2.45) is 11.7 Å². The van der Waals surface area contributed by atoms with E-state index in [1.165, 1.54) is 32.8 Å². The SMILES string of the molecule is CCCC1CCC(NC(=O)C(CN)OC)CC1.Cl. The van der Waals surface area contributed by atoms with Crippen LogP contribution >= 0.6 is 12.4 Å². The van der Waals surface area contributed by atoms with E-state index in [9.17, 15) is 4.79 Å². The van der Waals surface area contributed by atoms with Gasteiger partial charge in [0.2, 0.25) is 0 Å². The molecule has 1 saturated carbocycles. The van der Waals surface area contributed by atoms with Gasteiger partial charge in [-0.05, 0) is 31.6 Å². The number of ether oxygens (including phenoxy) is 1. The van der Waals surface area contributed by atoms with E-state index in [-0.39, 0.29) is 24.9 Å². The number of carbonyl (C=O) groups is 1. The second kappa shape index (κ2) is 9.59. The van der Waals surface area contributed by atoms with Gasteiger partial charge in [0.15, 0.2) is 0 Å². The molecule has 4 nitrogen and oxygen atoms in total. The van der Waals surface area contributed by atoms with Crippen LogP contribution in [0, 0.1) is 5.92 Å². The Morgan fingerprint density at radius 2 is 2.00 bits per heavy atom. The van der Waals surface area contributed by atoms with Gasteiger partial charge >= 0.3 is 0 Å². The molecule has 0 bridgehead atoms. The monoisotopic (exact) mass is 278 g/mol. The van der Waals surface area contributed by atoms with Gasteiger partial charge in [-0.15, -0.1) is 12.4 Å². The zero-order valence-corrected chi connectivity index (χ0v) is 12.3. The predicted octanol–water partition coefficient (Wildman–Crippen LogP) is 1.86. The molecule has 1 rings (SSSR count). The van der Waals surface area contributed by atoms with Gasteiger partial charge in [0.25, 0.3) is 5.91 Å². The third kappa shape index (κ3) is 5.55. The third-order valence-electron chi connectivity index (χ3n) is 3.68. The number of hydrogen-bond donors (Lipinski definition) is 2. The zero-order valence-electron chi connectivity index (χ0n) is 11.5. The average Bonchev–Trinajstić information content (AvgIpc) is 2.33. The van der Waals surface area contributed by atoms with Crippen molar-refractivity contribution >= 4 is 18.3 Å². The molecule has 1 aliphatic rings. The molecule has 0 heterocycles. The summed E-state index contributed by atoms with van der Waals surface area (Å²) in [4.78, 5) is 11.8. The predicted molar refractivity (Wildman–Crippen MR) is 75.9 cm³/mol. The molecule has 0 aliphatic heterocycles. The van der Waals surface area contributed by atoms with E-state index in [1.807, 2.05) is 0 Å². The molecule has 0 aromatic rings. The van der Waals surface area contributed by atoms with Crippen molar-refractivity contribution in [3.05, 3.63) is 0 Å². The highest BCUT2D eigenvalue weighted by Crippen LogP contribution is 2.27. The normalized spacial score (nSPS) is 25.1. The van der Waals surface area contributed by atoms with Crippen LogP contribution in [0.1, 0.15) is 45.4 Å². The maximum atomic E-state index is 11.8. The van der Waals surface area contributed by atoms with Gasteiger partial charge in [-0.1, -0.05) is 19.8 Å². The van der Waals surface area contributed by atoms with Gasteiger partial charge in [0, 0.05) is 19.7 Å². The lowest BCUT2D eigenvalue weighted by Gasteiger charge is -2.29. The number of methoxy groups -OCH3 is 1. The Morgan fingerprint density at radius 3 is 2.44 bits per heavy atom. The van der Waals surface area contributed by atoms with Crippen molar-refractivity contribution in [2.45, 2.75) is 57.6 Å². The Labute approximate surface area is 116 Å². The Morgan fingerprint density at radius 1 is 1.39 bits per heavy atom. The van der Waals surface area contributed by atoms with Crippen molar-refractivity contribution in [3.63, 3.8) is 0 Å². The maximum Gasteiger partial charge on any atom is 0.250 e. The van der Waals surface area contributed by atoms with E-state index in [0.717, 1.165) is 18.8 Å². The number of rotatable bonds is 6. The Kier molecular flexibility index (Phi) is 9.42. The first-order chi connectivity index (χ1) is 8.21. The van der Waals surface area contributed by atoms with Crippen LogP contribution in [0.15, 0.2) is 0 Å². The van der Waals surface area contributed by atoms with Crippen molar-refractivity contribution in [1.29, 1.82) is 0 Å². The number of carbonyl (C=O) groups excluding carboxylic acids is 1. The summed E-state index contributed by atoms with van der Waals surface area (Å²) in [5.74, 6) is 0.801. The summed E-state index contributed by atoms with van der Waals surface area (Å²) in [6.07, 6.45) is 6.75. The summed E-state index contributed by atoms with van der Waals surface area (Å²) < 4.78 is 5.03. The van der Waals surface area contributed by atoms with Crippen LogP contribution in [0.5, 0.6) is 0 Å². The lowest BCUT2D eigenvalue weighted by molar-refractivity contribution is -0.131. The average molecular weight is 279 g/mol. The second-order valence-electron chi connectivity index (χ2n) is 4.97. The van der Waals surface area contributed by atoms with Crippen LogP contribution in [0.4, 0.5) is 0 Å². The number of nitrogens with two attached hydrogens (primary N) is 1. The first-order valence-electron chi connectivity index (χ1n) is 6.74. The summed E-state index contributed by atoms with van der Waals surface area (Å²) in [7, 11) is 1.52. The highest BCUT2D eigenvalue weighted by molar-refractivity contribution is 5.85. The summed E-state index contributed by atoms with van der Waals surface area (Å²) >= 11 is 0. The fourth-order valence-corrected chi connectivity index (χ4v) is 2.61. The number of hydrogen-bond acceptors (Lipinski definition) is 3. The van der Waals surface area contributed by atoms with Gasteiger partial charge in [-0.2, -0.15) is 0 Å². The lowest BCUT2D eigenvalue weighted by Crippen LogP contribution is -2.46. The second-order valence-corrected chi connectivity index (χ2v) is 4.97. The minimum Gasteiger partial charge on any atom is -0.370 e. The molecular formula is C13H27ClN2O2. The number of nitrogens with one attached hydrogen (secondary N) is 1. The van der Waals surface area contributed by atoms with E-state index in [4.69, 9.17) is 10.5 Å². The maximum absolute atomic E-state index is 11.8. The van der Waals surface area contributed by atoms with Crippen molar-refractivity contribution in [3.8, 4) is 0 Å². The third-order valence-corrected chi connectivity index (χ3v) is 3.68. The van der Waals surface area contributed by atoms with Crippen LogP contribution in [0.2, 0.25) is 0 Å². The van der Waals surface area contributed by atoms with E-state index < -0.39 is 6.10 Å². The standard InChI is InChI=1S/C13H26N2O2.ClH/c1-3-4-10-5-7-11(8-6-10)15-13(16)12(9-14)17-2;/h10-12H,3-9,14H2,1-2H3,(H,15,16);1H. The molecule has 5 heteroatoms. The molecule has 0 saturated heterocycles. The molecule has 1 unspecified atom stereocenters. The summed E-state index contributed by atoms with van der Waals surface area (Å²) in [6, 6.07) is 0.319. The minimum absolute atomic E-state index is 0. The van der Waals surface area contributed by atoms with Crippen molar-refractivity contribution in [2.75, 3.05) is 13.7 Å². The van der Waals surface area contributed by atoms with Crippen LogP contribution < -0.4 is 11.1 Å². The smallest absolute Gasteiger partial charge is 0.250 e. The quantitative estimate of drug-likeness (QED) is 0.779. The Bertz CT molecular complexity index is 227. The first-order valence-corrected chi connectivity index (χ1v) is 6.74. The molecule has 1 aliphatic carbocycles. The van der Waals surface area contributed by atoms with Crippen molar-refractivity contribution < 1.29 is 9.53 Å². The molecular weight excluding hydrogens is 252 g/mol.